The quantitative estimate of drug-likeness (QED) is 0.828. The van der Waals surface area contributed by atoms with Crippen LogP contribution in [0.1, 0.15) is 59.8 Å². The molecule has 2 rings (SSSR count). The minimum atomic E-state index is -0.424. The normalized spacial score (nSPS) is 32.7. The van der Waals surface area contributed by atoms with E-state index in [1.165, 1.54) is 37.9 Å². The van der Waals surface area contributed by atoms with E-state index in [0.29, 0.717) is 23.3 Å². The summed E-state index contributed by atoms with van der Waals surface area (Å²) in [6.45, 7) is 8.75. The van der Waals surface area contributed by atoms with Crippen molar-refractivity contribution < 1.29 is 9.53 Å². The molecule has 1 heterocycles. The lowest BCUT2D eigenvalue weighted by atomic mass is 10.0. The Hall–Kier alpha value is -0.420. The lowest BCUT2D eigenvalue weighted by Gasteiger charge is -2.34. The predicted octanol–water partition coefficient (Wildman–Crippen LogP) is 3.55. The number of hydrogen-bond acceptors (Lipinski definition) is 4. The summed E-state index contributed by atoms with van der Waals surface area (Å²) in [6.07, 6.45) is 6.00. The van der Waals surface area contributed by atoms with Crippen LogP contribution >= 0.6 is 11.8 Å². The van der Waals surface area contributed by atoms with Crippen molar-refractivity contribution in [1.29, 1.82) is 0 Å². The molecule has 5 heteroatoms. The van der Waals surface area contributed by atoms with Crippen molar-refractivity contribution in [3.8, 4) is 0 Å². The second-order valence-corrected chi connectivity index (χ2v) is 9.16. The van der Waals surface area contributed by atoms with Gasteiger partial charge in [-0.2, -0.15) is 11.8 Å². The first kappa shape index (κ1) is 17.9. The molecule has 0 radical (unpaired) electrons. The van der Waals surface area contributed by atoms with E-state index in [1.807, 2.05) is 20.8 Å². The van der Waals surface area contributed by atoms with Gasteiger partial charge < -0.3 is 15.4 Å². The van der Waals surface area contributed by atoms with Crippen molar-refractivity contribution in [2.75, 3.05) is 12.3 Å². The zero-order valence-corrected chi connectivity index (χ0v) is 15.3. The molecule has 0 aromatic carbocycles. The van der Waals surface area contributed by atoms with Crippen LogP contribution in [0.5, 0.6) is 0 Å². The molecule has 4 nitrogen and oxygen atoms in total. The van der Waals surface area contributed by atoms with E-state index in [0.717, 1.165) is 6.54 Å². The molecule has 4 atom stereocenters. The van der Waals surface area contributed by atoms with E-state index in [9.17, 15) is 4.79 Å². The highest BCUT2D eigenvalue weighted by Gasteiger charge is 2.32. The van der Waals surface area contributed by atoms with Gasteiger partial charge in [-0.25, -0.2) is 4.79 Å². The number of rotatable bonds is 4. The number of ether oxygens (including phenoxy) is 1. The maximum atomic E-state index is 11.8. The standard InChI is InChI=1S/C17H32N2O2S/c1-12-14(9-6-10-22-12)19-15-8-5-7-13(15)11-18-16(20)21-17(2,3)4/h12-15,19H,5-11H2,1-4H3,(H,18,20). The number of thioether (sulfide) groups is 1. The molecule has 0 spiro atoms. The number of carbonyl (C=O) groups is 1. The summed E-state index contributed by atoms with van der Waals surface area (Å²) in [5, 5.41) is 7.53. The van der Waals surface area contributed by atoms with Crippen LogP contribution < -0.4 is 10.6 Å². The summed E-state index contributed by atoms with van der Waals surface area (Å²) >= 11 is 2.08. The van der Waals surface area contributed by atoms with Crippen molar-refractivity contribution in [1.82, 2.24) is 10.6 Å². The number of hydrogen-bond donors (Lipinski definition) is 2. The third-order valence-electron chi connectivity index (χ3n) is 4.60. The Morgan fingerprint density at radius 3 is 2.59 bits per heavy atom. The smallest absolute Gasteiger partial charge is 0.407 e. The van der Waals surface area contributed by atoms with Gasteiger partial charge in [0, 0.05) is 23.9 Å². The van der Waals surface area contributed by atoms with Gasteiger partial charge in [0.05, 0.1) is 0 Å². The van der Waals surface area contributed by atoms with Crippen molar-refractivity contribution in [3.63, 3.8) is 0 Å². The average Bonchev–Trinajstić information content (AvgIpc) is 2.84. The van der Waals surface area contributed by atoms with E-state index >= 15 is 0 Å². The van der Waals surface area contributed by atoms with Gasteiger partial charge in [0.25, 0.3) is 0 Å². The zero-order valence-electron chi connectivity index (χ0n) is 14.5. The fourth-order valence-corrected chi connectivity index (χ4v) is 4.60. The van der Waals surface area contributed by atoms with Gasteiger partial charge in [-0.3, -0.25) is 0 Å². The Morgan fingerprint density at radius 2 is 1.91 bits per heavy atom. The number of nitrogens with one attached hydrogen (secondary N) is 2. The summed E-state index contributed by atoms with van der Waals surface area (Å²) in [6, 6.07) is 1.17. The molecule has 2 fully saturated rings. The van der Waals surface area contributed by atoms with Gasteiger partial charge in [-0.15, -0.1) is 0 Å². The highest BCUT2D eigenvalue weighted by Crippen LogP contribution is 2.30. The zero-order chi connectivity index (χ0) is 16.2. The van der Waals surface area contributed by atoms with Gasteiger partial charge in [0.15, 0.2) is 0 Å². The fourth-order valence-electron chi connectivity index (χ4n) is 3.45. The highest BCUT2D eigenvalue weighted by molar-refractivity contribution is 7.99. The number of alkyl carbamates (subject to hydrolysis) is 1. The van der Waals surface area contributed by atoms with Crippen LogP contribution in [-0.2, 0) is 4.74 Å². The van der Waals surface area contributed by atoms with Crippen molar-refractivity contribution in [3.05, 3.63) is 0 Å². The molecule has 1 amide bonds. The van der Waals surface area contributed by atoms with Crippen molar-refractivity contribution in [2.24, 2.45) is 5.92 Å². The molecule has 1 saturated heterocycles. The Labute approximate surface area is 139 Å². The Kier molecular flexibility index (Phi) is 6.45. The van der Waals surface area contributed by atoms with E-state index in [-0.39, 0.29) is 6.09 Å². The number of carbonyl (C=O) groups excluding carboxylic acids is 1. The highest BCUT2D eigenvalue weighted by atomic mass is 32.2. The fraction of sp³-hybridized carbons (Fsp3) is 0.941. The summed E-state index contributed by atoms with van der Waals surface area (Å²) < 4.78 is 5.33. The van der Waals surface area contributed by atoms with E-state index < -0.39 is 5.60 Å². The molecule has 22 heavy (non-hydrogen) atoms. The second kappa shape index (κ2) is 7.91. The Balaban J connectivity index is 1.77. The SMILES string of the molecule is CC1SCCCC1NC1CCCC1CNC(=O)OC(C)(C)C. The second-order valence-electron chi connectivity index (χ2n) is 7.67. The lowest BCUT2D eigenvalue weighted by Crippen LogP contribution is -2.48. The first-order chi connectivity index (χ1) is 10.3. The average molecular weight is 329 g/mol. The predicted molar refractivity (Wildman–Crippen MR) is 93.4 cm³/mol. The maximum Gasteiger partial charge on any atom is 0.407 e. The van der Waals surface area contributed by atoms with Crippen LogP contribution in [0.25, 0.3) is 0 Å². The number of amides is 1. The van der Waals surface area contributed by atoms with Crippen LogP contribution in [0.3, 0.4) is 0 Å². The van der Waals surface area contributed by atoms with E-state index in [1.54, 1.807) is 0 Å². The van der Waals surface area contributed by atoms with Crippen molar-refractivity contribution in [2.45, 2.75) is 82.7 Å². The van der Waals surface area contributed by atoms with Crippen LogP contribution in [0, 0.1) is 5.92 Å². The molecule has 0 aromatic heterocycles. The van der Waals surface area contributed by atoms with E-state index in [4.69, 9.17) is 4.74 Å². The van der Waals surface area contributed by atoms with Crippen LogP contribution in [0.2, 0.25) is 0 Å². The topological polar surface area (TPSA) is 50.4 Å². The summed E-state index contributed by atoms with van der Waals surface area (Å²) in [5.41, 5.74) is -0.424. The molecule has 2 aliphatic rings. The molecule has 1 aliphatic heterocycles. The van der Waals surface area contributed by atoms with Gasteiger partial charge >= 0.3 is 6.09 Å². The summed E-state index contributed by atoms with van der Waals surface area (Å²) in [7, 11) is 0. The molecule has 0 bridgehead atoms. The summed E-state index contributed by atoms with van der Waals surface area (Å²) in [4.78, 5) is 11.8. The van der Waals surface area contributed by atoms with E-state index in [2.05, 4.69) is 29.3 Å². The van der Waals surface area contributed by atoms with Gasteiger partial charge in [0.2, 0.25) is 0 Å². The minimum Gasteiger partial charge on any atom is -0.444 e. The molecular formula is C17H32N2O2S. The Bertz CT molecular complexity index is 370. The third-order valence-corrected chi connectivity index (χ3v) is 5.98. The van der Waals surface area contributed by atoms with Crippen LogP contribution in [0.15, 0.2) is 0 Å². The molecule has 0 aromatic rings. The van der Waals surface area contributed by atoms with Crippen molar-refractivity contribution >= 4 is 17.9 Å². The lowest BCUT2D eigenvalue weighted by molar-refractivity contribution is 0.0517. The molecular weight excluding hydrogens is 296 g/mol. The maximum absolute atomic E-state index is 11.8. The third kappa shape index (κ3) is 5.65. The van der Waals surface area contributed by atoms with Gasteiger partial charge in [-0.05, 0) is 58.1 Å². The largest absolute Gasteiger partial charge is 0.444 e. The molecule has 1 aliphatic carbocycles. The molecule has 2 N–H and O–H groups in total. The first-order valence-corrected chi connectivity index (χ1v) is 9.74. The van der Waals surface area contributed by atoms with Crippen LogP contribution in [-0.4, -0.2) is 41.3 Å². The first-order valence-electron chi connectivity index (χ1n) is 8.69. The van der Waals surface area contributed by atoms with Gasteiger partial charge in [-0.1, -0.05) is 13.3 Å². The minimum absolute atomic E-state index is 0.292. The molecule has 128 valence electrons. The van der Waals surface area contributed by atoms with Gasteiger partial charge in [0.1, 0.15) is 5.60 Å². The monoisotopic (exact) mass is 328 g/mol. The van der Waals surface area contributed by atoms with Crippen LogP contribution in [0.4, 0.5) is 4.79 Å². The Morgan fingerprint density at radius 1 is 1.18 bits per heavy atom. The summed E-state index contributed by atoms with van der Waals surface area (Å²) in [5.74, 6) is 1.83. The molecule has 4 unspecified atom stereocenters. The molecule has 1 saturated carbocycles.